The first-order valence-electron chi connectivity index (χ1n) is 10.0. The van der Waals surface area contributed by atoms with Crippen LogP contribution in [0.4, 0.5) is 5.69 Å². The minimum atomic E-state index is -0.147. The average molecular weight is 405 g/mol. The van der Waals surface area contributed by atoms with Crippen molar-refractivity contribution in [1.82, 2.24) is 5.32 Å². The lowest BCUT2D eigenvalue weighted by Gasteiger charge is -2.13. The Kier molecular flexibility index (Phi) is 6.15. The molecule has 5 heteroatoms. The van der Waals surface area contributed by atoms with Crippen molar-refractivity contribution in [3.05, 3.63) is 72.3 Å². The SMILES string of the molecule is O=C(NCCCSc1ccccc1)c1cc2ccccc2cc1NC(=O)C1CC1. The Morgan fingerprint density at radius 1 is 0.931 bits per heavy atom. The molecule has 1 aliphatic rings. The van der Waals surface area contributed by atoms with Gasteiger partial charge in [0.05, 0.1) is 11.3 Å². The second-order valence-corrected chi connectivity index (χ2v) is 8.45. The van der Waals surface area contributed by atoms with Gasteiger partial charge >= 0.3 is 0 Å². The Balaban J connectivity index is 1.40. The van der Waals surface area contributed by atoms with Crippen LogP contribution in [0.1, 0.15) is 29.6 Å². The molecule has 0 saturated heterocycles. The second kappa shape index (κ2) is 9.14. The molecule has 1 saturated carbocycles. The third kappa shape index (κ3) is 5.18. The van der Waals surface area contributed by atoms with E-state index in [1.807, 2.05) is 54.6 Å². The Morgan fingerprint density at radius 2 is 1.62 bits per heavy atom. The summed E-state index contributed by atoms with van der Waals surface area (Å²) in [4.78, 5) is 26.3. The van der Waals surface area contributed by atoms with E-state index in [0.717, 1.165) is 35.8 Å². The highest BCUT2D eigenvalue weighted by Crippen LogP contribution is 2.32. The van der Waals surface area contributed by atoms with Crippen LogP contribution in [0.3, 0.4) is 0 Å². The van der Waals surface area contributed by atoms with Gasteiger partial charge in [0.15, 0.2) is 0 Å². The van der Waals surface area contributed by atoms with Crippen LogP contribution in [0.2, 0.25) is 0 Å². The summed E-state index contributed by atoms with van der Waals surface area (Å²) in [7, 11) is 0. The van der Waals surface area contributed by atoms with Crippen LogP contribution in [0.25, 0.3) is 10.8 Å². The van der Waals surface area contributed by atoms with E-state index in [2.05, 4.69) is 22.8 Å². The zero-order valence-corrected chi connectivity index (χ0v) is 17.0. The number of hydrogen-bond donors (Lipinski definition) is 2. The molecule has 2 N–H and O–H groups in total. The van der Waals surface area contributed by atoms with Gasteiger partial charge in [-0.3, -0.25) is 9.59 Å². The number of carbonyl (C=O) groups excluding carboxylic acids is 2. The Morgan fingerprint density at radius 3 is 2.34 bits per heavy atom. The molecule has 4 rings (SSSR count). The van der Waals surface area contributed by atoms with Crippen LogP contribution < -0.4 is 10.6 Å². The van der Waals surface area contributed by atoms with Crippen LogP contribution in [0, 0.1) is 5.92 Å². The lowest BCUT2D eigenvalue weighted by Crippen LogP contribution is -2.26. The number of amides is 2. The van der Waals surface area contributed by atoms with E-state index in [0.29, 0.717) is 17.8 Å². The number of nitrogens with one attached hydrogen (secondary N) is 2. The quantitative estimate of drug-likeness (QED) is 0.406. The number of rotatable bonds is 8. The van der Waals surface area contributed by atoms with Crippen molar-refractivity contribution < 1.29 is 9.59 Å². The highest BCUT2D eigenvalue weighted by molar-refractivity contribution is 7.99. The summed E-state index contributed by atoms with van der Waals surface area (Å²) >= 11 is 1.78. The summed E-state index contributed by atoms with van der Waals surface area (Å²) in [5.41, 5.74) is 1.12. The van der Waals surface area contributed by atoms with Gasteiger partial charge in [-0.2, -0.15) is 0 Å². The average Bonchev–Trinajstić information content (AvgIpc) is 3.59. The minimum absolute atomic E-state index is 0.00796. The first-order chi connectivity index (χ1) is 14.2. The lowest BCUT2D eigenvalue weighted by molar-refractivity contribution is -0.117. The van der Waals surface area contributed by atoms with Gasteiger partial charge in [-0.15, -0.1) is 11.8 Å². The van der Waals surface area contributed by atoms with Gasteiger partial charge in [0.2, 0.25) is 5.91 Å². The summed E-state index contributed by atoms with van der Waals surface area (Å²) in [6, 6.07) is 21.9. The zero-order chi connectivity index (χ0) is 20.1. The molecule has 2 amide bonds. The van der Waals surface area contributed by atoms with Gasteiger partial charge in [-0.05, 0) is 60.1 Å². The summed E-state index contributed by atoms with van der Waals surface area (Å²) in [5, 5.41) is 7.97. The molecule has 4 nitrogen and oxygen atoms in total. The van der Waals surface area contributed by atoms with Gasteiger partial charge in [0.1, 0.15) is 0 Å². The van der Waals surface area contributed by atoms with E-state index in [9.17, 15) is 9.59 Å². The van der Waals surface area contributed by atoms with E-state index in [1.54, 1.807) is 11.8 Å². The van der Waals surface area contributed by atoms with E-state index in [4.69, 9.17) is 0 Å². The van der Waals surface area contributed by atoms with E-state index < -0.39 is 0 Å². The van der Waals surface area contributed by atoms with Gasteiger partial charge in [-0.25, -0.2) is 0 Å². The van der Waals surface area contributed by atoms with E-state index >= 15 is 0 Å². The number of benzene rings is 3. The van der Waals surface area contributed by atoms with Crippen LogP contribution in [-0.4, -0.2) is 24.1 Å². The van der Waals surface area contributed by atoms with Crippen LogP contribution in [-0.2, 0) is 4.79 Å². The van der Waals surface area contributed by atoms with Crippen LogP contribution >= 0.6 is 11.8 Å². The van der Waals surface area contributed by atoms with Gasteiger partial charge in [-0.1, -0.05) is 42.5 Å². The first-order valence-corrected chi connectivity index (χ1v) is 11.0. The number of thioether (sulfide) groups is 1. The summed E-state index contributed by atoms with van der Waals surface area (Å²) in [6.07, 6.45) is 2.74. The molecular formula is C24H24N2O2S. The van der Waals surface area contributed by atoms with E-state index in [-0.39, 0.29) is 17.7 Å². The van der Waals surface area contributed by atoms with Gasteiger partial charge < -0.3 is 10.6 Å². The van der Waals surface area contributed by atoms with Crippen LogP contribution in [0.15, 0.2) is 71.6 Å². The van der Waals surface area contributed by atoms with Gasteiger partial charge in [0, 0.05) is 17.4 Å². The van der Waals surface area contributed by atoms with Crippen molar-refractivity contribution in [3.63, 3.8) is 0 Å². The number of fused-ring (bicyclic) bond motifs is 1. The summed E-state index contributed by atoms with van der Waals surface area (Å²) in [6.45, 7) is 0.599. The monoisotopic (exact) mass is 404 g/mol. The standard InChI is InChI=1S/C24H24N2O2S/c27-23(17-11-12-17)26-22-16-19-8-5-4-7-18(19)15-21(22)24(28)25-13-6-14-29-20-9-2-1-3-10-20/h1-5,7-10,15-17H,6,11-14H2,(H,25,28)(H,26,27). The number of hydrogen-bond acceptors (Lipinski definition) is 3. The molecule has 29 heavy (non-hydrogen) atoms. The third-order valence-corrected chi connectivity index (χ3v) is 6.05. The fraction of sp³-hybridized carbons (Fsp3) is 0.250. The summed E-state index contributed by atoms with van der Waals surface area (Å²) < 4.78 is 0. The van der Waals surface area contributed by atoms with Crippen molar-refractivity contribution in [2.24, 2.45) is 5.92 Å². The predicted molar refractivity (Wildman–Crippen MR) is 119 cm³/mol. The molecule has 0 bridgehead atoms. The van der Waals surface area contributed by atoms with Crippen molar-refractivity contribution in [2.75, 3.05) is 17.6 Å². The molecular weight excluding hydrogens is 380 g/mol. The molecule has 0 atom stereocenters. The molecule has 0 unspecified atom stereocenters. The highest BCUT2D eigenvalue weighted by atomic mass is 32.2. The molecule has 0 spiro atoms. The molecule has 148 valence electrons. The predicted octanol–water partition coefficient (Wildman–Crippen LogP) is 5.10. The lowest BCUT2D eigenvalue weighted by atomic mass is 10.0. The number of carbonyl (C=O) groups is 2. The third-order valence-electron chi connectivity index (χ3n) is 4.96. The maximum Gasteiger partial charge on any atom is 0.253 e. The Hall–Kier alpha value is -2.79. The smallest absolute Gasteiger partial charge is 0.253 e. The Labute approximate surface area is 175 Å². The number of anilines is 1. The first kappa shape index (κ1) is 19.5. The summed E-state index contributed by atoms with van der Waals surface area (Å²) in [5.74, 6) is 0.889. The maximum absolute atomic E-state index is 12.8. The fourth-order valence-corrected chi connectivity index (χ4v) is 4.06. The molecule has 1 aliphatic carbocycles. The van der Waals surface area contributed by atoms with Gasteiger partial charge in [0.25, 0.3) is 5.91 Å². The van der Waals surface area contributed by atoms with Crippen LogP contribution in [0.5, 0.6) is 0 Å². The molecule has 0 heterocycles. The van der Waals surface area contributed by atoms with Crippen molar-refractivity contribution in [3.8, 4) is 0 Å². The Bertz CT molecular complexity index is 1020. The largest absolute Gasteiger partial charge is 0.352 e. The highest BCUT2D eigenvalue weighted by Gasteiger charge is 2.30. The normalized spacial score (nSPS) is 13.2. The van der Waals surface area contributed by atoms with Crippen molar-refractivity contribution >= 4 is 40.0 Å². The zero-order valence-electron chi connectivity index (χ0n) is 16.2. The molecule has 0 aromatic heterocycles. The van der Waals surface area contributed by atoms with E-state index in [1.165, 1.54) is 4.90 Å². The van der Waals surface area contributed by atoms with Crippen molar-refractivity contribution in [1.29, 1.82) is 0 Å². The topological polar surface area (TPSA) is 58.2 Å². The molecule has 0 aliphatic heterocycles. The minimum Gasteiger partial charge on any atom is -0.352 e. The molecule has 0 radical (unpaired) electrons. The molecule has 1 fully saturated rings. The van der Waals surface area contributed by atoms with Crippen molar-refractivity contribution in [2.45, 2.75) is 24.2 Å². The fourth-order valence-electron chi connectivity index (χ4n) is 3.19. The molecule has 3 aromatic carbocycles. The molecule has 3 aromatic rings. The maximum atomic E-state index is 12.8. The second-order valence-electron chi connectivity index (χ2n) is 7.28.